The summed E-state index contributed by atoms with van der Waals surface area (Å²) in [5.41, 5.74) is 0. The van der Waals surface area contributed by atoms with Crippen molar-refractivity contribution in [3.05, 3.63) is 0 Å². The van der Waals surface area contributed by atoms with Gasteiger partial charge in [0.1, 0.15) is 0 Å². The van der Waals surface area contributed by atoms with E-state index in [1.165, 1.54) is 0 Å². The predicted molar refractivity (Wildman–Crippen MR) is 81.3 cm³/mol. The molecule has 1 N–H and O–H groups in total. The van der Waals surface area contributed by atoms with Crippen molar-refractivity contribution in [1.82, 2.24) is 0 Å². The van der Waals surface area contributed by atoms with Gasteiger partial charge < -0.3 is 20.4 Å². The molecule has 0 bridgehead atoms. The van der Waals surface area contributed by atoms with Crippen molar-refractivity contribution in [2.24, 2.45) is 0 Å². The molecule has 5 heteroatoms. The standard InChI is InChI=1S/C4H10O.3C4H9O.Fe/c4*1-2-3-4-5;/h5H,2-4H2,1H3;3*2-4H2,1H3;/q;3*-1;+3. The van der Waals surface area contributed by atoms with Crippen LogP contribution in [0.1, 0.15) is 79.1 Å². The summed E-state index contributed by atoms with van der Waals surface area (Å²) in [5.74, 6) is 0. The van der Waals surface area contributed by atoms with E-state index in [2.05, 4.69) is 6.92 Å². The predicted octanol–water partition coefficient (Wildman–Crippen LogP) is 1.22. The molecular formula is C16H37FeO4. The second-order valence-corrected chi connectivity index (χ2v) is 4.25. The molecule has 0 aliphatic rings. The Bertz CT molecular complexity index is 74.3. The van der Waals surface area contributed by atoms with E-state index in [9.17, 15) is 15.3 Å². The quantitative estimate of drug-likeness (QED) is 0.667. The van der Waals surface area contributed by atoms with Gasteiger partial charge in [-0.25, -0.2) is 0 Å². The number of aliphatic hydroxyl groups is 1. The number of aliphatic hydroxyl groups excluding tert-OH is 1. The summed E-state index contributed by atoms with van der Waals surface area (Å²) in [7, 11) is 0. The van der Waals surface area contributed by atoms with Gasteiger partial charge in [-0.2, -0.15) is 0 Å². The van der Waals surface area contributed by atoms with Gasteiger partial charge >= 0.3 is 17.1 Å². The number of hydrogen-bond acceptors (Lipinski definition) is 4. The molecule has 0 atom stereocenters. The molecule has 0 unspecified atom stereocenters. The third-order valence-electron chi connectivity index (χ3n) is 2.01. The van der Waals surface area contributed by atoms with Gasteiger partial charge in [0.15, 0.2) is 0 Å². The first-order chi connectivity index (χ1) is 9.66. The Hall–Kier alpha value is 0.359. The van der Waals surface area contributed by atoms with Crippen LogP contribution in [0.3, 0.4) is 0 Å². The Labute approximate surface area is 143 Å². The van der Waals surface area contributed by atoms with E-state index in [4.69, 9.17) is 5.11 Å². The zero-order chi connectivity index (χ0) is 16.5. The average Bonchev–Trinajstić information content (AvgIpc) is 2.44. The maximum absolute atomic E-state index is 9.53. The summed E-state index contributed by atoms with van der Waals surface area (Å²) in [6.45, 7) is 8.71. The van der Waals surface area contributed by atoms with E-state index >= 15 is 0 Å². The largest absolute Gasteiger partial charge is 3.00 e. The molecule has 4 nitrogen and oxygen atoms in total. The van der Waals surface area contributed by atoms with Gasteiger partial charge in [0.2, 0.25) is 0 Å². The fourth-order valence-corrected chi connectivity index (χ4v) is 0.591. The maximum Gasteiger partial charge on any atom is 3.00 e. The minimum atomic E-state index is 0. The minimum absolute atomic E-state index is 0. The summed E-state index contributed by atoms with van der Waals surface area (Å²) in [5, 5.41) is 36.7. The van der Waals surface area contributed by atoms with Gasteiger partial charge in [-0.3, -0.25) is 0 Å². The van der Waals surface area contributed by atoms with E-state index in [1.807, 2.05) is 20.8 Å². The average molecular weight is 349 g/mol. The van der Waals surface area contributed by atoms with E-state index < -0.39 is 0 Å². The Balaban J connectivity index is -0.0000000533. The van der Waals surface area contributed by atoms with Gasteiger partial charge in [-0.15, -0.1) is 19.8 Å². The first-order valence-corrected chi connectivity index (χ1v) is 8.01. The molecule has 0 aromatic carbocycles. The number of unbranched alkanes of at least 4 members (excludes halogenated alkanes) is 4. The molecular weight excluding hydrogens is 312 g/mol. The normalized spacial score (nSPS) is 8.00. The van der Waals surface area contributed by atoms with Crippen LogP contribution >= 0.6 is 0 Å². The van der Waals surface area contributed by atoms with Crippen LogP contribution in [0.2, 0.25) is 0 Å². The van der Waals surface area contributed by atoms with Crippen molar-refractivity contribution in [3.63, 3.8) is 0 Å². The van der Waals surface area contributed by atoms with Gasteiger partial charge in [0.05, 0.1) is 0 Å². The van der Waals surface area contributed by atoms with Crippen LogP contribution in [0, 0.1) is 0 Å². The zero-order valence-corrected chi connectivity index (χ0v) is 15.6. The SMILES string of the molecule is CCCCO.CCCC[O-].CCCC[O-].CCCC[O-].[Fe+3]. The van der Waals surface area contributed by atoms with Crippen molar-refractivity contribution < 1.29 is 37.5 Å². The smallest absolute Gasteiger partial charge is 0.854 e. The molecule has 0 heterocycles. The molecule has 0 amide bonds. The monoisotopic (exact) mass is 349 g/mol. The topological polar surface area (TPSA) is 89.4 Å². The third kappa shape index (κ3) is 98.2. The Morgan fingerprint density at radius 1 is 0.571 bits per heavy atom. The molecule has 0 saturated carbocycles. The summed E-state index contributed by atoms with van der Waals surface area (Å²) >= 11 is 0. The molecule has 21 heavy (non-hydrogen) atoms. The molecule has 0 aliphatic carbocycles. The molecule has 1 radical (unpaired) electrons. The van der Waals surface area contributed by atoms with Crippen molar-refractivity contribution in [2.75, 3.05) is 26.4 Å². The summed E-state index contributed by atoms with van der Waals surface area (Å²) < 4.78 is 0. The molecule has 0 aliphatic heterocycles. The van der Waals surface area contributed by atoms with Gasteiger partial charge in [-0.05, 0) is 6.42 Å². The fourth-order valence-electron chi connectivity index (χ4n) is 0.591. The molecule has 0 aromatic heterocycles. The Morgan fingerprint density at radius 2 is 0.810 bits per heavy atom. The van der Waals surface area contributed by atoms with Crippen LogP contribution in [0.4, 0.5) is 0 Å². The molecule has 133 valence electrons. The number of rotatable bonds is 8. The molecule has 0 rings (SSSR count). The van der Waals surface area contributed by atoms with Crippen LogP contribution in [-0.2, 0) is 17.1 Å². The van der Waals surface area contributed by atoms with Crippen LogP contribution in [0.15, 0.2) is 0 Å². The third-order valence-corrected chi connectivity index (χ3v) is 2.01. The fraction of sp³-hybridized carbons (Fsp3) is 1.00. The molecule has 0 saturated heterocycles. The van der Waals surface area contributed by atoms with Gasteiger partial charge in [0, 0.05) is 6.61 Å². The van der Waals surface area contributed by atoms with Crippen molar-refractivity contribution >= 4 is 0 Å². The Morgan fingerprint density at radius 3 is 0.810 bits per heavy atom. The number of hydrogen-bond donors (Lipinski definition) is 1. The molecule has 0 spiro atoms. The van der Waals surface area contributed by atoms with Crippen LogP contribution in [0.25, 0.3) is 0 Å². The molecule has 0 aromatic rings. The molecule has 0 fully saturated rings. The summed E-state index contributed by atoms with van der Waals surface area (Å²) in [6, 6.07) is 0. The van der Waals surface area contributed by atoms with Crippen LogP contribution in [-0.4, -0.2) is 31.5 Å². The van der Waals surface area contributed by atoms with Crippen molar-refractivity contribution in [3.8, 4) is 0 Å². The van der Waals surface area contributed by atoms with Gasteiger partial charge in [0.25, 0.3) is 0 Å². The summed E-state index contributed by atoms with van der Waals surface area (Å²) in [6.07, 6.45) is 7.63. The van der Waals surface area contributed by atoms with Crippen molar-refractivity contribution in [1.29, 1.82) is 0 Å². The zero-order valence-electron chi connectivity index (χ0n) is 14.5. The first kappa shape index (κ1) is 33.1. The van der Waals surface area contributed by atoms with Gasteiger partial charge in [-0.1, -0.05) is 72.6 Å². The first-order valence-electron chi connectivity index (χ1n) is 8.01. The van der Waals surface area contributed by atoms with Crippen LogP contribution in [0.5, 0.6) is 0 Å². The minimum Gasteiger partial charge on any atom is -0.854 e. The van der Waals surface area contributed by atoms with E-state index in [0.717, 1.165) is 51.4 Å². The van der Waals surface area contributed by atoms with Crippen molar-refractivity contribution in [2.45, 2.75) is 79.1 Å². The second-order valence-electron chi connectivity index (χ2n) is 4.25. The Kier molecular flexibility index (Phi) is 78.7. The van der Waals surface area contributed by atoms with E-state index in [0.29, 0.717) is 6.61 Å². The van der Waals surface area contributed by atoms with Crippen LogP contribution < -0.4 is 15.3 Å². The summed E-state index contributed by atoms with van der Waals surface area (Å²) in [4.78, 5) is 0. The van der Waals surface area contributed by atoms with E-state index in [-0.39, 0.29) is 36.9 Å². The second kappa shape index (κ2) is 50.0. The maximum atomic E-state index is 9.53. The van der Waals surface area contributed by atoms with E-state index in [1.54, 1.807) is 0 Å².